The van der Waals surface area contributed by atoms with Gasteiger partial charge in [-0.05, 0) is 12.5 Å². The maximum absolute atomic E-state index is 5.25. The van der Waals surface area contributed by atoms with Crippen molar-refractivity contribution in [1.29, 1.82) is 0 Å². The highest BCUT2D eigenvalue weighted by Crippen LogP contribution is 2.27. The Labute approximate surface area is 104 Å². The lowest BCUT2D eigenvalue weighted by molar-refractivity contribution is 0.162. The van der Waals surface area contributed by atoms with Gasteiger partial charge in [0, 0.05) is 37.8 Å². The molecule has 1 atom stereocenters. The lowest BCUT2D eigenvalue weighted by atomic mass is 10.0. The van der Waals surface area contributed by atoms with Crippen molar-refractivity contribution in [2.45, 2.75) is 38.6 Å². The summed E-state index contributed by atoms with van der Waals surface area (Å²) in [5.74, 6) is 0. The average molecular weight is 236 g/mol. The third kappa shape index (κ3) is 3.58. The SMILES string of the molecule is CCCCC[C@@H](c1ccoc1)N1CCNCC1. The molecule has 0 unspecified atom stereocenters. The minimum atomic E-state index is 0.558. The van der Waals surface area contributed by atoms with Gasteiger partial charge in [-0.2, -0.15) is 0 Å². The molecule has 3 nitrogen and oxygen atoms in total. The van der Waals surface area contributed by atoms with E-state index in [-0.39, 0.29) is 0 Å². The number of piperazine rings is 1. The topological polar surface area (TPSA) is 28.4 Å². The highest BCUT2D eigenvalue weighted by atomic mass is 16.3. The van der Waals surface area contributed by atoms with Crippen molar-refractivity contribution in [3.05, 3.63) is 24.2 Å². The maximum Gasteiger partial charge on any atom is 0.0950 e. The number of nitrogens with zero attached hydrogens (tertiary/aromatic N) is 1. The molecule has 96 valence electrons. The molecular weight excluding hydrogens is 212 g/mol. The first-order chi connectivity index (χ1) is 8.42. The summed E-state index contributed by atoms with van der Waals surface area (Å²) in [6.45, 7) is 6.80. The molecular formula is C14H24N2O. The molecule has 2 rings (SSSR count). The second kappa shape index (κ2) is 6.82. The molecule has 1 aromatic heterocycles. The van der Waals surface area contributed by atoms with Crippen LogP contribution in [0.5, 0.6) is 0 Å². The molecule has 1 aliphatic rings. The predicted octanol–water partition coefficient (Wildman–Crippen LogP) is 2.81. The molecule has 2 heterocycles. The Morgan fingerprint density at radius 2 is 2.18 bits per heavy atom. The predicted molar refractivity (Wildman–Crippen MR) is 70.0 cm³/mol. The van der Waals surface area contributed by atoms with Gasteiger partial charge < -0.3 is 9.73 Å². The average Bonchev–Trinajstić information content (AvgIpc) is 2.89. The Kier molecular flexibility index (Phi) is 5.08. The molecule has 0 saturated carbocycles. The number of nitrogens with one attached hydrogen (secondary N) is 1. The molecule has 0 aromatic carbocycles. The van der Waals surface area contributed by atoms with E-state index in [1.54, 1.807) is 6.26 Å². The molecule has 0 radical (unpaired) electrons. The van der Waals surface area contributed by atoms with Gasteiger partial charge in [0.1, 0.15) is 0 Å². The highest BCUT2D eigenvalue weighted by Gasteiger charge is 2.22. The van der Waals surface area contributed by atoms with Gasteiger partial charge in [-0.3, -0.25) is 4.90 Å². The van der Waals surface area contributed by atoms with Gasteiger partial charge in [-0.25, -0.2) is 0 Å². The van der Waals surface area contributed by atoms with Crippen LogP contribution in [-0.2, 0) is 0 Å². The van der Waals surface area contributed by atoms with Gasteiger partial charge in [-0.1, -0.05) is 26.2 Å². The normalized spacial score (nSPS) is 19.4. The monoisotopic (exact) mass is 236 g/mol. The summed E-state index contributed by atoms with van der Waals surface area (Å²) < 4.78 is 5.25. The summed E-state index contributed by atoms with van der Waals surface area (Å²) in [7, 11) is 0. The lowest BCUT2D eigenvalue weighted by Gasteiger charge is -2.34. The van der Waals surface area contributed by atoms with Gasteiger partial charge in [0.25, 0.3) is 0 Å². The van der Waals surface area contributed by atoms with Gasteiger partial charge in [0.15, 0.2) is 0 Å². The van der Waals surface area contributed by atoms with Crippen LogP contribution in [0.2, 0.25) is 0 Å². The Hall–Kier alpha value is -0.800. The molecule has 1 aliphatic heterocycles. The first kappa shape index (κ1) is 12.7. The van der Waals surface area contributed by atoms with Crippen molar-refractivity contribution >= 4 is 0 Å². The molecule has 17 heavy (non-hydrogen) atoms. The van der Waals surface area contributed by atoms with Crippen LogP contribution in [0.15, 0.2) is 23.0 Å². The quantitative estimate of drug-likeness (QED) is 0.770. The van der Waals surface area contributed by atoms with Crippen molar-refractivity contribution in [2.75, 3.05) is 26.2 Å². The molecule has 1 fully saturated rings. The second-order valence-corrected chi connectivity index (χ2v) is 4.85. The van der Waals surface area contributed by atoms with Crippen LogP contribution in [0.4, 0.5) is 0 Å². The van der Waals surface area contributed by atoms with E-state index in [0.717, 1.165) is 26.2 Å². The Morgan fingerprint density at radius 3 is 2.82 bits per heavy atom. The van der Waals surface area contributed by atoms with Crippen molar-refractivity contribution in [2.24, 2.45) is 0 Å². The Balaban J connectivity index is 1.96. The second-order valence-electron chi connectivity index (χ2n) is 4.85. The van der Waals surface area contributed by atoms with E-state index in [2.05, 4.69) is 23.2 Å². The zero-order valence-corrected chi connectivity index (χ0v) is 10.8. The van der Waals surface area contributed by atoms with E-state index in [9.17, 15) is 0 Å². The van der Waals surface area contributed by atoms with Crippen molar-refractivity contribution in [3.8, 4) is 0 Å². The third-order valence-electron chi connectivity index (χ3n) is 3.60. The first-order valence-electron chi connectivity index (χ1n) is 6.88. The molecule has 0 bridgehead atoms. The fourth-order valence-corrected chi connectivity index (χ4v) is 2.61. The maximum atomic E-state index is 5.25. The summed E-state index contributed by atoms with van der Waals surface area (Å²) in [6.07, 6.45) is 8.91. The fourth-order valence-electron chi connectivity index (χ4n) is 2.61. The van der Waals surface area contributed by atoms with Crippen molar-refractivity contribution < 1.29 is 4.42 Å². The van der Waals surface area contributed by atoms with Gasteiger partial charge in [0.05, 0.1) is 12.5 Å². The number of unbranched alkanes of at least 4 members (excludes halogenated alkanes) is 2. The van der Waals surface area contributed by atoms with E-state index in [1.165, 1.54) is 31.2 Å². The smallest absolute Gasteiger partial charge is 0.0950 e. The van der Waals surface area contributed by atoms with Crippen molar-refractivity contribution in [3.63, 3.8) is 0 Å². The van der Waals surface area contributed by atoms with Crippen LogP contribution < -0.4 is 5.32 Å². The first-order valence-corrected chi connectivity index (χ1v) is 6.88. The van der Waals surface area contributed by atoms with Gasteiger partial charge in [-0.15, -0.1) is 0 Å². The minimum Gasteiger partial charge on any atom is -0.472 e. The zero-order chi connectivity index (χ0) is 11.9. The minimum absolute atomic E-state index is 0.558. The zero-order valence-electron chi connectivity index (χ0n) is 10.8. The molecule has 3 heteroatoms. The van der Waals surface area contributed by atoms with E-state index in [0.29, 0.717) is 6.04 Å². The van der Waals surface area contributed by atoms with E-state index in [1.807, 2.05) is 6.26 Å². The third-order valence-corrected chi connectivity index (χ3v) is 3.60. The molecule has 1 aromatic rings. The van der Waals surface area contributed by atoms with E-state index >= 15 is 0 Å². The summed E-state index contributed by atoms with van der Waals surface area (Å²) in [5.41, 5.74) is 1.35. The largest absolute Gasteiger partial charge is 0.472 e. The van der Waals surface area contributed by atoms with E-state index < -0.39 is 0 Å². The standard InChI is InChI=1S/C14H24N2O/c1-2-3-4-5-14(13-6-11-17-12-13)16-9-7-15-8-10-16/h6,11-12,14-15H,2-5,7-10H2,1H3/t14-/m0/s1. The number of rotatable bonds is 6. The fraction of sp³-hybridized carbons (Fsp3) is 0.714. The molecule has 1 N–H and O–H groups in total. The lowest BCUT2D eigenvalue weighted by Crippen LogP contribution is -2.45. The highest BCUT2D eigenvalue weighted by molar-refractivity contribution is 5.12. The summed E-state index contributed by atoms with van der Waals surface area (Å²) >= 11 is 0. The summed E-state index contributed by atoms with van der Waals surface area (Å²) in [6, 6.07) is 2.68. The number of hydrogen-bond acceptors (Lipinski definition) is 3. The molecule has 0 amide bonds. The van der Waals surface area contributed by atoms with Crippen LogP contribution in [0.25, 0.3) is 0 Å². The number of furan rings is 1. The summed E-state index contributed by atoms with van der Waals surface area (Å²) in [5, 5.41) is 3.42. The molecule has 0 aliphatic carbocycles. The van der Waals surface area contributed by atoms with Crippen LogP contribution in [0.1, 0.15) is 44.2 Å². The Morgan fingerprint density at radius 1 is 1.35 bits per heavy atom. The Bertz CT molecular complexity index is 291. The van der Waals surface area contributed by atoms with Crippen LogP contribution in [0, 0.1) is 0 Å². The summed E-state index contributed by atoms with van der Waals surface area (Å²) in [4.78, 5) is 2.59. The van der Waals surface area contributed by atoms with Crippen LogP contribution in [-0.4, -0.2) is 31.1 Å². The van der Waals surface area contributed by atoms with E-state index in [4.69, 9.17) is 4.42 Å². The number of hydrogen-bond donors (Lipinski definition) is 1. The van der Waals surface area contributed by atoms with Crippen LogP contribution >= 0.6 is 0 Å². The van der Waals surface area contributed by atoms with Gasteiger partial charge in [0.2, 0.25) is 0 Å². The van der Waals surface area contributed by atoms with Crippen molar-refractivity contribution in [1.82, 2.24) is 10.2 Å². The van der Waals surface area contributed by atoms with Gasteiger partial charge >= 0.3 is 0 Å². The van der Waals surface area contributed by atoms with Crippen LogP contribution in [0.3, 0.4) is 0 Å². The molecule has 1 saturated heterocycles. The molecule has 0 spiro atoms.